The fourth-order valence-electron chi connectivity index (χ4n) is 2.87. The Labute approximate surface area is 165 Å². The van der Waals surface area contributed by atoms with E-state index in [-0.39, 0.29) is 5.91 Å². The van der Waals surface area contributed by atoms with Crippen LogP contribution < -0.4 is 4.90 Å². The summed E-state index contributed by atoms with van der Waals surface area (Å²) in [7, 11) is 0. The van der Waals surface area contributed by atoms with Crippen molar-refractivity contribution < 1.29 is 4.79 Å². The third kappa shape index (κ3) is 3.89. The highest BCUT2D eigenvalue weighted by molar-refractivity contribution is 7.98. The lowest BCUT2D eigenvalue weighted by Crippen LogP contribution is -2.23. The minimum atomic E-state index is -0.0397. The van der Waals surface area contributed by atoms with Gasteiger partial charge in [-0.3, -0.25) is 9.69 Å². The first kappa shape index (κ1) is 18.1. The van der Waals surface area contributed by atoms with E-state index in [0.29, 0.717) is 16.9 Å². The van der Waals surface area contributed by atoms with Crippen molar-refractivity contribution in [3.63, 3.8) is 0 Å². The summed E-state index contributed by atoms with van der Waals surface area (Å²) in [5, 5.41) is 15.5. The summed E-state index contributed by atoms with van der Waals surface area (Å²) in [6, 6.07) is 8.42. The molecule has 2 aromatic heterocycles. The van der Waals surface area contributed by atoms with Crippen molar-refractivity contribution in [1.82, 2.24) is 25.2 Å². The number of thioether (sulfide) groups is 1. The molecule has 0 saturated heterocycles. The number of hydrogen-bond acceptors (Lipinski definition) is 7. The van der Waals surface area contributed by atoms with E-state index in [1.54, 1.807) is 23.6 Å². The first-order valence-electron chi connectivity index (χ1n) is 8.91. The van der Waals surface area contributed by atoms with Crippen LogP contribution in [0, 0.1) is 0 Å². The number of amides is 1. The Balaban J connectivity index is 1.53. The molecular formula is C18H20N6OS2. The van der Waals surface area contributed by atoms with Crippen molar-refractivity contribution in [2.45, 2.75) is 50.1 Å². The van der Waals surface area contributed by atoms with Gasteiger partial charge in [0.15, 0.2) is 5.13 Å². The molecule has 2 heterocycles. The summed E-state index contributed by atoms with van der Waals surface area (Å²) in [5.41, 5.74) is 2.95. The van der Waals surface area contributed by atoms with E-state index in [0.717, 1.165) is 41.4 Å². The van der Waals surface area contributed by atoms with Gasteiger partial charge in [-0.15, -0.1) is 16.4 Å². The van der Waals surface area contributed by atoms with Crippen LogP contribution in [-0.4, -0.2) is 31.1 Å². The number of carbonyl (C=O) groups is 1. The van der Waals surface area contributed by atoms with Gasteiger partial charge in [0.2, 0.25) is 11.1 Å². The summed E-state index contributed by atoms with van der Waals surface area (Å²) < 4.78 is 1.90. The highest BCUT2D eigenvalue weighted by Crippen LogP contribution is 2.37. The normalized spacial score (nSPS) is 13.7. The summed E-state index contributed by atoms with van der Waals surface area (Å²) in [6.45, 7) is 3.66. The molecule has 1 aromatic carbocycles. The van der Waals surface area contributed by atoms with E-state index >= 15 is 0 Å². The topological polar surface area (TPSA) is 76.8 Å². The molecule has 0 unspecified atom stereocenters. The third-order valence-corrected chi connectivity index (χ3v) is 6.21. The van der Waals surface area contributed by atoms with Gasteiger partial charge in [-0.05, 0) is 41.3 Å². The highest BCUT2D eigenvalue weighted by Gasteiger charge is 2.28. The highest BCUT2D eigenvalue weighted by atomic mass is 32.2. The lowest BCUT2D eigenvalue weighted by molar-refractivity contribution is -0.115. The molecule has 0 bridgehead atoms. The van der Waals surface area contributed by atoms with Crippen LogP contribution in [0.15, 0.2) is 34.8 Å². The Morgan fingerprint density at radius 3 is 2.93 bits per heavy atom. The predicted molar refractivity (Wildman–Crippen MR) is 106 cm³/mol. The number of nitrogens with zero attached hydrogens (tertiary/aromatic N) is 6. The molecule has 1 aliphatic carbocycles. The average molecular weight is 401 g/mol. The Bertz CT molecular complexity index is 949. The molecule has 27 heavy (non-hydrogen) atoms. The van der Waals surface area contributed by atoms with Crippen molar-refractivity contribution in [2.75, 3.05) is 4.90 Å². The molecule has 1 fully saturated rings. The Hall–Kier alpha value is -2.26. The molecular weight excluding hydrogens is 380 g/mol. The van der Waals surface area contributed by atoms with Gasteiger partial charge in [0.25, 0.3) is 0 Å². The zero-order valence-corrected chi connectivity index (χ0v) is 16.8. The number of thiazole rings is 1. The van der Waals surface area contributed by atoms with Crippen LogP contribution in [-0.2, 0) is 17.0 Å². The molecule has 3 aromatic rings. The summed E-state index contributed by atoms with van der Waals surface area (Å²) >= 11 is 3.06. The van der Waals surface area contributed by atoms with Gasteiger partial charge >= 0.3 is 0 Å². The number of para-hydroxylation sites is 1. The largest absolute Gasteiger partial charge is 0.274 e. The number of tetrazole rings is 1. The zero-order valence-electron chi connectivity index (χ0n) is 15.2. The van der Waals surface area contributed by atoms with Crippen molar-refractivity contribution in [3.8, 4) is 0 Å². The molecule has 0 aliphatic heterocycles. The standard InChI is InChI=1S/C18H20N6OS2/c1-3-13-6-4-5-7-16(13)23(12(2)25)17-19-14(10-26-17)11-27-18-20-21-22-24(18)15-8-9-15/h4-7,10,15H,3,8-9,11H2,1-2H3. The van der Waals surface area contributed by atoms with Crippen molar-refractivity contribution >= 4 is 39.8 Å². The summed E-state index contributed by atoms with van der Waals surface area (Å²) in [5.74, 6) is 0.632. The lowest BCUT2D eigenvalue weighted by Gasteiger charge is -2.20. The Kier molecular flexibility index (Phi) is 5.22. The maximum Gasteiger partial charge on any atom is 0.230 e. The van der Waals surface area contributed by atoms with Crippen molar-refractivity contribution in [1.29, 1.82) is 0 Å². The minimum Gasteiger partial charge on any atom is -0.274 e. The monoisotopic (exact) mass is 400 g/mol. The molecule has 0 atom stereocenters. The van der Waals surface area contributed by atoms with E-state index < -0.39 is 0 Å². The van der Waals surface area contributed by atoms with Gasteiger partial charge in [-0.2, -0.15) is 0 Å². The summed E-state index contributed by atoms with van der Waals surface area (Å²) in [6.07, 6.45) is 3.14. The lowest BCUT2D eigenvalue weighted by atomic mass is 10.1. The van der Waals surface area contributed by atoms with Crippen LogP contribution in [0.1, 0.15) is 44.0 Å². The van der Waals surface area contributed by atoms with Gasteiger partial charge in [-0.1, -0.05) is 36.9 Å². The van der Waals surface area contributed by atoms with Gasteiger partial charge in [0.1, 0.15) is 0 Å². The number of aryl methyl sites for hydroxylation is 1. The number of aromatic nitrogens is 5. The molecule has 7 nitrogen and oxygen atoms in total. The second-order valence-corrected chi connectivity index (χ2v) is 8.16. The molecule has 4 rings (SSSR count). The first-order chi connectivity index (χ1) is 13.2. The van der Waals surface area contributed by atoms with Gasteiger partial charge in [0, 0.05) is 18.1 Å². The zero-order chi connectivity index (χ0) is 18.8. The smallest absolute Gasteiger partial charge is 0.230 e. The van der Waals surface area contributed by atoms with Gasteiger partial charge < -0.3 is 0 Å². The molecule has 140 valence electrons. The summed E-state index contributed by atoms with van der Waals surface area (Å²) in [4.78, 5) is 18.7. The van der Waals surface area contributed by atoms with Crippen molar-refractivity contribution in [2.24, 2.45) is 0 Å². The molecule has 0 N–H and O–H groups in total. The second-order valence-electron chi connectivity index (χ2n) is 6.38. The molecule has 0 spiro atoms. The van der Waals surface area contributed by atoms with Crippen LogP contribution in [0.3, 0.4) is 0 Å². The van der Waals surface area contributed by atoms with E-state index in [1.807, 2.05) is 34.3 Å². The van der Waals surface area contributed by atoms with Crippen LogP contribution in [0.5, 0.6) is 0 Å². The number of carbonyl (C=O) groups excluding carboxylic acids is 1. The molecule has 0 radical (unpaired) electrons. The number of benzene rings is 1. The minimum absolute atomic E-state index is 0.0397. The van der Waals surface area contributed by atoms with Crippen LogP contribution in [0.25, 0.3) is 0 Å². The van der Waals surface area contributed by atoms with Crippen molar-refractivity contribution in [3.05, 3.63) is 40.9 Å². The van der Waals surface area contributed by atoms with E-state index in [9.17, 15) is 4.79 Å². The first-order valence-corrected chi connectivity index (χ1v) is 10.8. The van der Waals surface area contributed by atoms with E-state index in [2.05, 4.69) is 22.4 Å². The van der Waals surface area contributed by atoms with E-state index in [1.165, 1.54) is 11.3 Å². The van der Waals surface area contributed by atoms with Gasteiger partial charge in [-0.25, -0.2) is 9.67 Å². The fraction of sp³-hybridized carbons (Fsp3) is 0.389. The maximum absolute atomic E-state index is 12.4. The number of hydrogen-bond donors (Lipinski definition) is 0. The SMILES string of the molecule is CCc1ccccc1N(C(C)=O)c1nc(CSc2nnnn2C2CC2)cs1. The number of rotatable bonds is 7. The quantitative estimate of drug-likeness (QED) is 0.558. The Morgan fingerprint density at radius 2 is 2.19 bits per heavy atom. The second kappa shape index (κ2) is 7.77. The fourth-order valence-corrected chi connectivity index (χ4v) is 4.69. The molecule has 1 aliphatic rings. The third-order valence-electron chi connectivity index (χ3n) is 4.36. The van der Waals surface area contributed by atoms with Crippen LogP contribution in [0.2, 0.25) is 0 Å². The number of anilines is 2. The van der Waals surface area contributed by atoms with Gasteiger partial charge in [0.05, 0.1) is 17.4 Å². The molecule has 9 heteroatoms. The predicted octanol–water partition coefficient (Wildman–Crippen LogP) is 4.00. The Morgan fingerprint density at radius 1 is 1.37 bits per heavy atom. The maximum atomic E-state index is 12.4. The van der Waals surface area contributed by atoms with Crippen LogP contribution in [0.4, 0.5) is 10.8 Å². The molecule has 1 saturated carbocycles. The van der Waals surface area contributed by atoms with E-state index in [4.69, 9.17) is 4.98 Å². The molecule has 1 amide bonds. The average Bonchev–Trinajstić information content (AvgIpc) is 3.22. The van der Waals surface area contributed by atoms with Crippen LogP contribution >= 0.6 is 23.1 Å².